The number of nitrogens with zero attached hydrogens (tertiary/aromatic N) is 1. The quantitative estimate of drug-likeness (QED) is 0.898. The summed E-state index contributed by atoms with van der Waals surface area (Å²) >= 11 is 0. The van der Waals surface area contributed by atoms with E-state index in [9.17, 15) is 9.18 Å². The second-order valence-electron chi connectivity index (χ2n) is 3.89. The number of halogens is 1. The molecule has 1 heterocycles. The molecular weight excluding hydrogens is 235 g/mol. The molecule has 0 saturated heterocycles. The van der Waals surface area contributed by atoms with Gasteiger partial charge in [0, 0.05) is 29.6 Å². The smallest absolute Gasteiger partial charge is 0.250 e. The lowest BCUT2D eigenvalue weighted by molar-refractivity contribution is 0.410. The highest BCUT2D eigenvalue weighted by Crippen LogP contribution is 2.16. The predicted molar refractivity (Wildman–Crippen MR) is 67.2 cm³/mol. The standard InChI is InChI=1S/C13H13FN2O2/c1-18-11-4-2-9(12(14)6-11)7-16-8-10(15)3-5-13(16)17/h2-6,8H,7,15H2,1H3. The van der Waals surface area contributed by atoms with Gasteiger partial charge in [-0.05, 0) is 12.1 Å². The zero-order valence-electron chi connectivity index (χ0n) is 9.89. The Morgan fingerprint density at radius 1 is 1.33 bits per heavy atom. The number of benzene rings is 1. The van der Waals surface area contributed by atoms with E-state index in [1.165, 1.54) is 36.1 Å². The van der Waals surface area contributed by atoms with Gasteiger partial charge in [0.05, 0.1) is 13.7 Å². The molecule has 1 aromatic heterocycles. The lowest BCUT2D eigenvalue weighted by Crippen LogP contribution is -2.20. The van der Waals surface area contributed by atoms with E-state index >= 15 is 0 Å². The van der Waals surface area contributed by atoms with Gasteiger partial charge in [-0.15, -0.1) is 0 Å². The fraction of sp³-hybridized carbons (Fsp3) is 0.154. The first-order chi connectivity index (χ1) is 8.60. The van der Waals surface area contributed by atoms with Gasteiger partial charge in [0.2, 0.25) is 0 Å². The molecule has 2 N–H and O–H groups in total. The Kier molecular flexibility index (Phi) is 3.32. The van der Waals surface area contributed by atoms with E-state index in [1.807, 2.05) is 0 Å². The molecule has 5 heteroatoms. The predicted octanol–water partition coefficient (Wildman–Crippen LogP) is 1.63. The average Bonchev–Trinajstić information content (AvgIpc) is 2.36. The highest BCUT2D eigenvalue weighted by atomic mass is 19.1. The largest absolute Gasteiger partial charge is 0.497 e. The highest BCUT2D eigenvalue weighted by Gasteiger charge is 2.06. The molecule has 1 aromatic carbocycles. The van der Waals surface area contributed by atoms with Crippen LogP contribution in [0.2, 0.25) is 0 Å². The molecule has 0 atom stereocenters. The molecule has 2 rings (SSSR count). The summed E-state index contributed by atoms with van der Waals surface area (Å²) in [5, 5.41) is 0. The van der Waals surface area contributed by atoms with Crippen molar-refractivity contribution in [2.75, 3.05) is 12.8 Å². The molecule has 0 aliphatic carbocycles. The van der Waals surface area contributed by atoms with Crippen LogP contribution in [0.25, 0.3) is 0 Å². The first-order valence-corrected chi connectivity index (χ1v) is 5.38. The minimum atomic E-state index is -0.413. The Morgan fingerprint density at radius 2 is 2.11 bits per heavy atom. The van der Waals surface area contributed by atoms with Crippen molar-refractivity contribution < 1.29 is 9.13 Å². The van der Waals surface area contributed by atoms with Crippen LogP contribution < -0.4 is 16.0 Å². The molecule has 0 unspecified atom stereocenters. The Labute approximate surface area is 103 Å². The summed E-state index contributed by atoms with van der Waals surface area (Å²) in [7, 11) is 1.47. The van der Waals surface area contributed by atoms with Crippen LogP contribution in [0.1, 0.15) is 5.56 Å². The first-order valence-electron chi connectivity index (χ1n) is 5.38. The van der Waals surface area contributed by atoms with Crippen LogP contribution in [0.5, 0.6) is 5.75 Å². The molecule has 0 radical (unpaired) electrons. The molecule has 0 aliphatic heterocycles. The molecule has 0 bridgehead atoms. The van der Waals surface area contributed by atoms with Gasteiger partial charge in [-0.2, -0.15) is 0 Å². The summed E-state index contributed by atoms with van der Waals surface area (Å²) in [6.45, 7) is 0.139. The molecule has 0 saturated carbocycles. The number of pyridine rings is 1. The Bertz CT molecular complexity index is 623. The van der Waals surface area contributed by atoms with E-state index in [-0.39, 0.29) is 12.1 Å². The fourth-order valence-corrected chi connectivity index (χ4v) is 1.64. The number of hydrogen-bond acceptors (Lipinski definition) is 3. The van der Waals surface area contributed by atoms with Crippen molar-refractivity contribution in [3.63, 3.8) is 0 Å². The molecule has 0 spiro atoms. The van der Waals surface area contributed by atoms with Gasteiger partial charge in [-0.25, -0.2) is 4.39 Å². The summed E-state index contributed by atoms with van der Waals surface area (Å²) in [5.41, 5.74) is 6.24. The van der Waals surface area contributed by atoms with Crippen molar-refractivity contribution in [2.24, 2.45) is 0 Å². The summed E-state index contributed by atoms with van der Waals surface area (Å²) in [4.78, 5) is 11.6. The van der Waals surface area contributed by atoms with Crippen molar-refractivity contribution in [3.05, 3.63) is 58.3 Å². The topological polar surface area (TPSA) is 57.2 Å². The third-order valence-corrected chi connectivity index (χ3v) is 2.61. The first kappa shape index (κ1) is 12.2. The molecule has 0 fully saturated rings. The SMILES string of the molecule is COc1ccc(Cn2cc(N)ccc2=O)c(F)c1. The van der Waals surface area contributed by atoms with Crippen LogP contribution in [-0.4, -0.2) is 11.7 Å². The van der Waals surface area contributed by atoms with E-state index in [1.54, 1.807) is 12.1 Å². The van der Waals surface area contributed by atoms with E-state index < -0.39 is 5.82 Å². The van der Waals surface area contributed by atoms with Crippen LogP contribution in [0.4, 0.5) is 10.1 Å². The van der Waals surface area contributed by atoms with Crippen LogP contribution in [-0.2, 0) is 6.54 Å². The molecule has 18 heavy (non-hydrogen) atoms. The van der Waals surface area contributed by atoms with Gasteiger partial charge in [0.15, 0.2) is 0 Å². The number of nitrogen functional groups attached to an aromatic ring is 1. The zero-order chi connectivity index (χ0) is 13.1. The fourth-order valence-electron chi connectivity index (χ4n) is 1.64. The summed E-state index contributed by atoms with van der Waals surface area (Å²) in [6.07, 6.45) is 1.49. The Morgan fingerprint density at radius 3 is 2.78 bits per heavy atom. The van der Waals surface area contributed by atoms with Gasteiger partial charge in [-0.1, -0.05) is 6.07 Å². The third-order valence-electron chi connectivity index (χ3n) is 2.61. The van der Waals surface area contributed by atoms with Gasteiger partial charge in [0.1, 0.15) is 11.6 Å². The molecule has 0 aliphatic rings. The Balaban J connectivity index is 2.34. The van der Waals surface area contributed by atoms with E-state index in [4.69, 9.17) is 10.5 Å². The van der Waals surface area contributed by atoms with E-state index in [0.29, 0.717) is 17.0 Å². The van der Waals surface area contributed by atoms with Crippen LogP contribution in [0.3, 0.4) is 0 Å². The van der Waals surface area contributed by atoms with Gasteiger partial charge >= 0.3 is 0 Å². The number of methoxy groups -OCH3 is 1. The third kappa shape index (κ3) is 2.51. The van der Waals surface area contributed by atoms with Crippen molar-refractivity contribution in [1.29, 1.82) is 0 Å². The number of nitrogens with two attached hydrogens (primary N) is 1. The lowest BCUT2D eigenvalue weighted by atomic mass is 10.2. The highest BCUT2D eigenvalue weighted by molar-refractivity contribution is 5.34. The number of anilines is 1. The molecule has 2 aromatic rings. The van der Waals surface area contributed by atoms with E-state index in [2.05, 4.69) is 0 Å². The van der Waals surface area contributed by atoms with Crippen LogP contribution >= 0.6 is 0 Å². The lowest BCUT2D eigenvalue weighted by Gasteiger charge is -2.08. The second-order valence-corrected chi connectivity index (χ2v) is 3.89. The summed E-state index contributed by atoms with van der Waals surface area (Å²) in [5.74, 6) is 0.0276. The van der Waals surface area contributed by atoms with Crippen molar-refractivity contribution >= 4 is 5.69 Å². The summed E-state index contributed by atoms with van der Waals surface area (Å²) < 4.78 is 20.0. The summed E-state index contributed by atoms with van der Waals surface area (Å²) in [6, 6.07) is 7.40. The number of rotatable bonds is 3. The molecule has 4 nitrogen and oxygen atoms in total. The van der Waals surface area contributed by atoms with E-state index in [0.717, 1.165) is 0 Å². The number of aromatic nitrogens is 1. The average molecular weight is 248 g/mol. The molecular formula is C13H13FN2O2. The van der Waals surface area contributed by atoms with Crippen LogP contribution in [0.15, 0.2) is 41.3 Å². The zero-order valence-corrected chi connectivity index (χ0v) is 9.89. The normalized spacial score (nSPS) is 10.3. The van der Waals surface area contributed by atoms with Gasteiger partial charge in [-0.3, -0.25) is 4.79 Å². The second kappa shape index (κ2) is 4.91. The number of hydrogen-bond donors (Lipinski definition) is 1. The maximum absolute atomic E-state index is 13.7. The maximum atomic E-state index is 13.7. The Hall–Kier alpha value is -2.30. The van der Waals surface area contributed by atoms with Crippen molar-refractivity contribution in [2.45, 2.75) is 6.54 Å². The van der Waals surface area contributed by atoms with Crippen molar-refractivity contribution in [1.82, 2.24) is 4.57 Å². The maximum Gasteiger partial charge on any atom is 0.250 e. The number of ether oxygens (including phenoxy) is 1. The monoisotopic (exact) mass is 248 g/mol. The van der Waals surface area contributed by atoms with Crippen molar-refractivity contribution in [3.8, 4) is 5.75 Å². The minimum Gasteiger partial charge on any atom is -0.497 e. The van der Waals surface area contributed by atoms with Crippen LogP contribution in [0, 0.1) is 5.82 Å². The molecule has 0 amide bonds. The minimum absolute atomic E-state index is 0.139. The van der Waals surface area contributed by atoms with Gasteiger partial charge in [0.25, 0.3) is 5.56 Å². The molecule has 94 valence electrons. The van der Waals surface area contributed by atoms with Gasteiger partial charge < -0.3 is 15.0 Å².